The van der Waals surface area contributed by atoms with Crippen LogP contribution >= 0.6 is 0 Å². The van der Waals surface area contributed by atoms with Gasteiger partial charge in [-0.3, -0.25) is 0 Å². The van der Waals surface area contributed by atoms with Crippen LogP contribution in [0.4, 0.5) is 8.78 Å². The fourth-order valence-corrected chi connectivity index (χ4v) is 3.90. The molecular formula is C26H34F2O3. The average molecular weight is 433 g/mol. The van der Waals surface area contributed by atoms with E-state index in [0.717, 1.165) is 19.4 Å². The van der Waals surface area contributed by atoms with Crippen LogP contribution in [0.2, 0.25) is 0 Å². The van der Waals surface area contributed by atoms with E-state index in [2.05, 4.69) is 6.92 Å². The highest BCUT2D eigenvalue weighted by Crippen LogP contribution is 2.31. The summed E-state index contributed by atoms with van der Waals surface area (Å²) < 4.78 is 45.8. The van der Waals surface area contributed by atoms with Crippen LogP contribution in [0, 0.1) is 17.6 Å². The molecule has 1 aliphatic heterocycles. The summed E-state index contributed by atoms with van der Waals surface area (Å²) in [5.41, 5.74) is 0.798. The largest absolute Gasteiger partial charge is 0.491 e. The maximum absolute atomic E-state index is 14.5. The van der Waals surface area contributed by atoms with Crippen LogP contribution in [-0.2, 0) is 4.74 Å². The molecule has 1 fully saturated rings. The van der Waals surface area contributed by atoms with Gasteiger partial charge in [0.05, 0.1) is 12.7 Å². The minimum atomic E-state index is -0.950. The van der Waals surface area contributed by atoms with Gasteiger partial charge in [0.2, 0.25) is 5.82 Å². The second-order valence-corrected chi connectivity index (χ2v) is 8.32. The van der Waals surface area contributed by atoms with Gasteiger partial charge in [-0.2, -0.15) is 4.39 Å². The van der Waals surface area contributed by atoms with Crippen molar-refractivity contribution in [3.8, 4) is 22.6 Å². The summed E-state index contributed by atoms with van der Waals surface area (Å²) in [6, 6.07) is 10.1. The monoisotopic (exact) mass is 432 g/mol. The van der Waals surface area contributed by atoms with Crippen molar-refractivity contribution in [3.05, 3.63) is 48.0 Å². The molecule has 2 unspecified atom stereocenters. The van der Waals surface area contributed by atoms with E-state index >= 15 is 0 Å². The van der Waals surface area contributed by atoms with Crippen LogP contribution in [0.3, 0.4) is 0 Å². The van der Waals surface area contributed by atoms with E-state index in [1.54, 1.807) is 30.3 Å². The van der Waals surface area contributed by atoms with E-state index in [0.29, 0.717) is 30.4 Å². The third-order valence-electron chi connectivity index (χ3n) is 5.79. The molecule has 1 aliphatic rings. The van der Waals surface area contributed by atoms with Crippen molar-refractivity contribution in [1.29, 1.82) is 0 Å². The summed E-state index contributed by atoms with van der Waals surface area (Å²) in [4.78, 5) is 0. The lowest BCUT2D eigenvalue weighted by molar-refractivity contribution is -0.0394. The van der Waals surface area contributed by atoms with Gasteiger partial charge in [0.25, 0.3) is 0 Å². The molecule has 1 saturated heterocycles. The summed E-state index contributed by atoms with van der Waals surface area (Å²) in [7, 11) is 0. The summed E-state index contributed by atoms with van der Waals surface area (Å²) in [6.07, 6.45) is 8.16. The molecule has 0 amide bonds. The molecule has 0 radical (unpaired) electrons. The Labute approximate surface area is 184 Å². The first kappa shape index (κ1) is 23.5. The van der Waals surface area contributed by atoms with Gasteiger partial charge in [-0.25, -0.2) is 4.39 Å². The Morgan fingerprint density at radius 3 is 2.39 bits per heavy atom. The maximum Gasteiger partial charge on any atom is 0.201 e. The minimum absolute atomic E-state index is 0.0526. The van der Waals surface area contributed by atoms with Crippen LogP contribution < -0.4 is 9.47 Å². The average Bonchev–Trinajstić information content (AvgIpc) is 2.80. The van der Waals surface area contributed by atoms with Gasteiger partial charge in [0, 0.05) is 12.2 Å². The smallest absolute Gasteiger partial charge is 0.201 e. The van der Waals surface area contributed by atoms with Crippen LogP contribution in [-0.4, -0.2) is 25.9 Å². The first-order valence-corrected chi connectivity index (χ1v) is 11.6. The van der Waals surface area contributed by atoms with Crippen molar-refractivity contribution in [3.63, 3.8) is 0 Å². The molecule has 0 spiro atoms. The molecule has 2 aromatic carbocycles. The quantitative estimate of drug-likeness (QED) is 0.352. The molecule has 2 aromatic rings. The Balaban J connectivity index is 1.50. The molecule has 0 N–H and O–H groups in total. The van der Waals surface area contributed by atoms with Gasteiger partial charge in [-0.15, -0.1) is 0 Å². The van der Waals surface area contributed by atoms with Gasteiger partial charge < -0.3 is 14.2 Å². The SMILES string of the molecule is CCCCCC1CCC(COc2ccc(-c3ccc(OCCC)c(F)c3F)cc2)OC1. The van der Waals surface area contributed by atoms with Gasteiger partial charge in [-0.1, -0.05) is 45.2 Å². The topological polar surface area (TPSA) is 27.7 Å². The Hall–Kier alpha value is -2.14. The molecule has 1 heterocycles. The number of benzene rings is 2. The number of hydrogen-bond acceptors (Lipinski definition) is 3. The number of ether oxygens (including phenoxy) is 3. The molecule has 0 aromatic heterocycles. The molecule has 0 aliphatic carbocycles. The molecule has 5 heteroatoms. The van der Waals surface area contributed by atoms with Crippen LogP contribution in [0.15, 0.2) is 36.4 Å². The lowest BCUT2D eigenvalue weighted by atomic mass is 9.93. The van der Waals surface area contributed by atoms with E-state index in [1.807, 2.05) is 6.92 Å². The number of unbranched alkanes of at least 4 members (excludes halogenated alkanes) is 2. The van der Waals surface area contributed by atoms with E-state index in [9.17, 15) is 8.78 Å². The van der Waals surface area contributed by atoms with E-state index < -0.39 is 11.6 Å². The first-order chi connectivity index (χ1) is 15.1. The normalized spacial score (nSPS) is 18.7. The van der Waals surface area contributed by atoms with Gasteiger partial charge in [-0.05, 0) is 61.4 Å². The maximum atomic E-state index is 14.5. The highest BCUT2D eigenvalue weighted by Gasteiger charge is 2.22. The molecular weight excluding hydrogens is 398 g/mol. The standard InChI is InChI=1S/C26H34F2O3/c1-3-5-6-7-19-8-11-22(30-17-19)18-31-21-12-9-20(10-13-21)23-14-15-24(29-16-4-2)26(28)25(23)27/h9-10,12-15,19,22H,3-8,11,16-18H2,1-2H3. The Morgan fingerprint density at radius 2 is 1.71 bits per heavy atom. The predicted molar refractivity (Wildman–Crippen MR) is 120 cm³/mol. The number of rotatable bonds is 11. The van der Waals surface area contributed by atoms with Crippen molar-refractivity contribution >= 4 is 0 Å². The molecule has 3 rings (SSSR count). The third kappa shape index (κ3) is 6.67. The molecule has 2 atom stereocenters. The van der Waals surface area contributed by atoms with E-state index in [1.165, 1.54) is 38.2 Å². The second kappa shape index (κ2) is 12.0. The van der Waals surface area contributed by atoms with Crippen LogP contribution in [0.25, 0.3) is 11.1 Å². The third-order valence-corrected chi connectivity index (χ3v) is 5.79. The Morgan fingerprint density at radius 1 is 0.903 bits per heavy atom. The van der Waals surface area contributed by atoms with Crippen LogP contribution in [0.1, 0.15) is 58.8 Å². The van der Waals surface area contributed by atoms with Crippen molar-refractivity contribution in [2.45, 2.75) is 64.9 Å². The summed E-state index contributed by atoms with van der Waals surface area (Å²) >= 11 is 0. The van der Waals surface area contributed by atoms with Gasteiger partial charge in [0.1, 0.15) is 12.4 Å². The highest BCUT2D eigenvalue weighted by atomic mass is 19.2. The minimum Gasteiger partial charge on any atom is -0.491 e. The Kier molecular flexibility index (Phi) is 9.13. The number of halogens is 2. The lowest BCUT2D eigenvalue weighted by Gasteiger charge is -2.29. The summed E-state index contributed by atoms with van der Waals surface area (Å²) in [6.45, 7) is 5.82. The van der Waals surface area contributed by atoms with Crippen molar-refractivity contribution < 1.29 is 23.0 Å². The second-order valence-electron chi connectivity index (χ2n) is 8.32. The summed E-state index contributed by atoms with van der Waals surface area (Å²) in [5.74, 6) is -0.527. The highest BCUT2D eigenvalue weighted by molar-refractivity contribution is 5.66. The Bertz CT molecular complexity index is 799. The lowest BCUT2D eigenvalue weighted by Crippen LogP contribution is -2.30. The van der Waals surface area contributed by atoms with E-state index in [-0.39, 0.29) is 17.4 Å². The zero-order valence-corrected chi connectivity index (χ0v) is 18.7. The fourth-order valence-electron chi connectivity index (χ4n) is 3.90. The fraction of sp³-hybridized carbons (Fsp3) is 0.538. The molecule has 0 bridgehead atoms. The van der Waals surface area contributed by atoms with Crippen molar-refractivity contribution in [1.82, 2.24) is 0 Å². The van der Waals surface area contributed by atoms with Gasteiger partial charge in [0.15, 0.2) is 11.6 Å². The number of hydrogen-bond donors (Lipinski definition) is 0. The zero-order chi connectivity index (χ0) is 22.1. The van der Waals surface area contributed by atoms with Crippen molar-refractivity contribution in [2.24, 2.45) is 5.92 Å². The molecule has 170 valence electrons. The van der Waals surface area contributed by atoms with Crippen molar-refractivity contribution in [2.75, 3.05) is 19.8 Å². The molecule has 3 nitrogen and oxygen atoms in total. The zero-order valence-electron chi connectivity index (χ0n) is 18.7. The van der Waals surface area contributed by atoms with E-state index in [4.69, 9.17) is 14.2 Å². The van der Waals surface area contributed by atoms with Crippen LogP contribution in [0.5, 0.6) is 11.5 Å². The predicted octanol–water partition coefficient (Wildman–Crippen LogP) is 7.17. The van der Waals surface area contributed by atoms with Gasteiger partial charge >= 0.3 is 0 Å². The summed E-state index contributed by atoms with van der Waals surface area (Å²) in [5, 5.41) is 0. The first-order valence-electron chi connectivity index (χ1n) is 11.6. The molecule has 0 saturated carbocycles. The molecule has 31 heavy (non-hydrogen) atoms.